The van der Waals surface area contributed by atoms with Crippen molar-refractivity contribution in [1.82, 2.24) is 10.2 Å². The minimum Gasteiger partial charge on any atom is -0.338 e. The number of carbonyl (C=O) groups is 1. The van der Waals surface area contributed by atoms with Crippen molar-refractivity contribution in [1.29, 1.82) is 0 Å². The summed E-state index contributed by atoms with van der Waals surface area (Å²) in [7, 11) is 0. The van der Waals surface area contributed by atoms with Crippen LogP contribution in [0.1, 0.15) is 5.56 Å². The fraction of sp³-hybridized carbons (Fsp3) is 0.0556. The van der Waals surface area contributed by atoms with Gasteiger partial charge in [0, 0.05) is 0 Å². The molecule has 0 saturated heterocycles. The van der Waals surface area contributed by atoms with Gasteiger partial charge < -0.3 is 10.6 Å². The van der Waals surface area contributed by atoms with Crippen LogP contribution in [0.25, 0.3) is 0 Å². The number of rotatable bonds is 5. The Labute approximate surface area is 144 Å². The number of anilines is 3. The molecule has 3 rings (SSSR count). The lowest BCUT2D eigenvalue weighted by Gasteiger charge is -2.08. The van der Waals surface area contributed by atoms with Crippen molar-refractivity contribution >= 4 is 34.8 Å². The molecule has 0 bridgehead atoms. The molecule has 0 saturated carbocycles. The van der Waals surface area contributed by atoms with Crippen LogP contribution in [0.4, 0.5) is 17.3 Å². The second-order valence-corrected chi connectivity index (χ2v) is 5.53. The smallest absolute Gasteiger partial charge is 0.229 e. The largest absolute Gasteiger partial charge is 0.338 e. The van der Waals surface area contributed by atoms with Crippen LogP contribution in [0, 0.1) is 0 Å². The summed E-state index contributed by atoms with van der Waals surface area (Å²) < 4.78 is 0. The van der Waals surface area contributed by atoms with Crippen LogP contribution in [0.2, 0.25) is 5.02 Å². The van der Waals surface area contributed by atoms with Gasteiger partial charge in [-0.15, -0.1) is 10.2 Å². The second kappa shape index (κ2) is 7.57. The molecule has 5 nitrogen and oxygen atoms in total. The molecule has 6 heteroatoms. The zero-order chi connectivity index (χ0) is 16.8. The summed E-state index contributed by atoms with van der Waals surface area (Å²) >= 11 is 6.08. The van der Waals surface area contributed by atoms with E-state index in [1.54, 1.807) is 18.2 Å². The van der Waals surface area contributed by atoms with Gasteiger partial charge >= 0.3 is 0 Å². The van der Waals surface area contributed by atoms with E-state index in [2.05, 4.69) is 20.8 Å². The van der Waals surface area contributed by atoms with Crippen LogP contribution in [-0.4, -0.2) is 16.1 Å². The first-order valence-corrected chi connectivity index (χ1v) is 7.77. The van der Waals surface area contributed by atoms with Crippen LogP contribution in [-0.2, 0) is 11.2 Å². The lowest BCUT2D eigenvalue weighted by Crippen LogP contribution is -2.15. The fourth-order valence-corrected chi connectivity index (χ4v) is 2.32. The van der Waals surface area contributed by atoms with Gasteiger partial charge in [0.05, 0.1) is 17.1 Å². The molecule has 3 aromatic rings. The Bertz CT molecular complexity index is 822. The monoisotopic (exact) mass is 338 g/mol. The van der Waals surface area contributed by atoms with Gasteiger partial charge in [-0.3, -0.25) is 4.79 Å². The van der Waals surface area contributed by atoms with E-state index < -0.39 is 0 Å². The third kappa shape index (κ3) is 4.30. The fourth-order valence-electron chi connectivity index (χ4n) is 2.13. The quantitative estimate of drug-likeness (QED) is 0.736. The zero-order valence-corrected chi connectivity index (χ0v) is 13.5. The number of nitrogens with zero attached hydrogens (tertiary/aromatic N) is 2. The highest BCUT2D eigenvalue weighted by atomic mass is 35.5. The Hall–Kier alpha value is -2.92. The minimum absolute atomic E-state index is 0.137. The van der Waals surface area contributed by atoms with Gasteiger partial charge in [-0.05, 0) is 29.8 Å². The molecule has 120 valence electrons. The Balaban J connectivity index is 1.60. The molecule has 0 unspecified atom stereocenters. The number of hydrogen-bond donors (Lipinski definition) is 2. The number of para-hydroxylation sites is 1. The first kappa shape index (κ1) is 16.0. The Morgan fingerprint density at radius 2 is 1.54 bits per heavy atom. The molecule has 0 spiro atoms. The molecule has 1 amide bonds. The average Bonchev–Trinajstić information content (AvgIpc) is 2.59. The van der Waals surface area contributed by atoms with E-state index in [0.29, 0.717) is 23.1 Å². The maximum Gasteiger partial charge on any atom is 0.229 e. The number of amides is 1. The van der Waals surface area contributed by atoms with E-state index in [9.17, 15) is 4.79 Å². The lowest BCUT2D eigenvalue weighted by atomic mass is 10.1. The van der Waals surface area contributed by atoms with Crippen molar-refractivity contribution in [2.45, 2.75) is 6.42 Å². The molecule has 2 N–H and O–H groups in total. The summed E-state index contributed by atoms with van der Waals surface area (Å²) in [5.74, 6) is 0.812. The molecule has 1 aromatic heterocycles. The number of carbonyl (C=O) groups excluding carboxylic acids is 1. The third-order valence-corrected chi connectivity index (χ3v) is 3.61. The highest BCUT2D eigenvalue weighted by molar-refractivity contribution is 6.33. The summed E-state index contributed by atoms with van der Waals surface area (Å²) in [6.07, 6.45) is 0.294. The predicted molar refractivity (Wildman–Crippen MR) is 95.5 cm³/mol. The topological polar surface area (TPSA) is 66.9 Å². The Kier molecular flexibility index (Phi) is 5.03. The molecular formula is C18H15ClN4O. The van der Waals surface area contributed by atoms with Crippen molar-refractivity contribution in [3.63, 3.8) is 0 Å². The van der Waals surface area contributed by atoms with E-state index in [0.717, 1.165) is 11.3 Å². The SMILES string of the molecule is O=C(Cc1ccccc1)Nc1ccc(Nc2ccccc2Cl)nn1. The van der Waals surface area contributed by atoms with E-state index in [4.69, 9.17) is 11.6 Å². The summed E-state index contributed by atoms with van der Waals surface area (Å²) in [6, 6.07) is 20.3. The maximum atomic E-state index is 12.0. The molecule has 2 aromatic carbocycles. The van der Waals surface area contributed by atoms with Crippen molar-refractivity contribution in [3.05, 3.63) is 77.3 Å². The van der Waals surface area contributed by atoms with Crippen molar-refractivity contribution in [2.24, 2.45) is 0 Å². The van der Waals surface area contributed by atoms with Gasteiger partial charge in [-0.1, -0.05) is 54.1 Å². The molecule has 0 fully saturated rings. The number of aromatic nitrogens is 2. The normalized spacial score (nSPS) is 10.2. The minimum atomic E-state index is -0.137. The van der Waals surface area contributed by atoms with E-state index in [1.165, 1.54) is 0 Å². The molecular weight excluding hydrogens is 324 g/mol. The maximum absolute atomic E-state index is 12.0. The van der Waals surface area contributed by atoms with Crippen LogP contribution in [0.3, 0.4) is 0 Å². The van der Waals surface area contributed by atoms with E-state index in [-0.39, 0.29) is 5.91 Å². The average molecular weight is 339 g/mol. The van der Waals surface area contributed by atoms with Gasteiger partial charge in [0.1, 0.15) is 0 Å². The summed E-state index contributed by atoms with van der Waals surface area (Å²) in [5, 5.41) is 14.4. The van der Waals surface area contributed by atoms with Crippen molar-refractivity contribution < 1.29 is 4.79 Å². The lowest BCUT2D eigenvalue weighted by molar-refractivity contribution is -0.115. The first-order valence-electron chi connectivity index (χ1n) is 7.40. The molecule has 1 heterocycles. The van der Waals surface area contributed by atoms with Crippen LogP contribution in [0.15, 0.2) is 66.7 Å². The number of benzene rings is 2. The highest BCUT2D eigenvalue weighted by Gasteiger charge is 2.06. The zero-order valence-electron chi connectivity index (χ0n) is 12.7. The molecule has 0 aliphatic heterocycles. The van der Waals surface area contributed by atoms with Crippen LogP contribution in [0.5, 0.6) is 0 Å². The summed E-state index contributed by atoms with van der Waals surface area (Å²) in [5.41, 5.74) is 1.69. The Morgan fingerprint density at radius 3 is 2.25 bits per heavy atom. The molecule has 0 aliphatic carbocycles. The van der Waals surface area contributed by atoms with Crippen LogP contribution < -0.4 is 10.6 Å². The van der Waals surface area contributed by atoms with E-state index >= 15 is 0 Å². The second-order valence-electron chi connectivity index (χ2n) is 5.12. The summed E-state index contributed by atoms with van der Waals surface area (Å²) in [4.78, 5) is 12.0. The predicted octanol–water partition coefficient (Wildman–Crippen LogP) is 4.05. The molecule has 0 aliphatic rings. The molecule has 0 radical (unpaired) electrons. The van der Waals surface area contributed by atoms with Crippen LogP contribution >= 0.6 is 11.6 Å². The number of nitrogens with one attached hydrogen (secondary N) is 2. The van der Waals surface area contributed by atoms with Gasteiger partial charge in [-0.25, -0.2) is 0 Å². The van der Waals surface area contributed by atoms with Gasteiger partial charge in [0.2, 0.25) is 5.91 Å². The van der Waals surface area contributed by atoms with Gasteiger partial charge in [0.25, 0.3) is 0 Å². The van der Waals surface area contributed by atoms with E-state index in [1.807, 2.05) is 48.5 Å². The Morgan fingerprint density at radius 1 is 0.875 bits per heavy atom. The van der Waals surface area contributed by atoms with Gasteiger partial charge in [0.15, 0.2) is 11.6 Å². The highest BCUT2D eigenvalue weighted by Crippen LogP contribution is 2.23. The standard InChI is InChI=1S/C18H15ClN4O/c19-14-8-4-5-9-15(14)20-16-10-11-17(23-22-16)21-18(24)12-13-6-2-1-3-7-13/h1-11H,12H2,(H,20,22)(H,21,23,24). The number of halogens is 1. The van der Waals surface area contributed by atoms with Crippen molar-refractivity contribution in [3.8, 4) is 0 Å². The van der Waals surface area contributed by atoms with Gasteiger partial charge in [-0.2, -0.15) is 0 Å². The molecule has 24 heavy (non-hydrogen) atoms. The number of hydrogen-bond acceptors (Lipinski definition) is 4. The summed E-state index contributed by atoms with van der Waals surface area (Å²) in [6.45, 7) is 0. The first-order chi connectivity index (χ1) is 11.7. The van der Waals surface area contributed by atoms with Crippen molar-refractivity contribution in [2.75, 3.05) is 10.6 Å². The molecule has 0 atom stereocenters. The third-order valence-electron chi connectivity index (χ3n) is 3.28.